The van der Waals surface area contributed by atoms with Gasteiger partial charge in [0.25, 0.3) is 0 Å². The number of fused-ring (bicyclic) bond motifs is 2. The summed E-state index contributed by atoms with van der Waals surface area (Å²) < 4.78 is 12.6. The quantitative estimate of drug-likeness (QED) is 0.397. The lowest BCUT2D eigenvalue weighted by Crippen LogP contribution is -2.55. The van der Waals surface area contributed by atoms with Gasteiger partial charge in [0.05, 0.1) is 36.9 Å². The van der Waals surface area contributed by atoms with E-state index in [-0.39, 0.29) is 30.5 Å². The van der Waals surface area contributed by atoms with Gasteiger partial charge >= 0.3 is 6.01 Å². The Hall–Kier alpha value is -4.00. The van der Waals surface area contributed by atoms with Crippen LogP contribution < -0.4 is 9.64 Å². The van der Waals surface area contributed by atoms with Crippen molar-refractivity contribution in [3.8, 4) is 12.1 Å². The maximum atomic E-state index is 12.5. The molecule has 0 bridgehead atoms. The summed E-state index contributed by atoms with van der Waals surface area (Å²) in [4.78, 5) is 28.2. The van der Waals surface area contributed by atoms with Gasteiger partial charge in [0, 0.05) is 37.7 Å². The molecule has 2 aliphatic heterocycles. The van der Waals surface area contributed by atoms with Crippen molar-refractivity contribution in [2.75, 3.05) is 45.2 Å². The Morgan fingerprint density at radius 2 is 2.05 bits per heavy atom. The summed E-state index contributed by atoms with van der Waals surface area (Å²) in [7, 11) is 4.03. The highest BCUT2D eigenvalue weighted by molar-refractivity contribution is 5.87. The second kappa shape index (κ2) is 12.0. The Morgan fingerprint density at radius 3 is 2.83 bits per heavy atom. The third kappa shape index (κ3) is 5.64. The number of rotatable bonds is 8. The number of hydrogen-bond donors (Lipinski definition) is 0. The van der Waals surface area contributed by atoms with E-state index in [2.05, 4.69) is 65.8 Å². The van der Waals surface area contributed by atoms with Crippen LogP contribution in [0, 0.1) is 11.3 Å². The molecule has 208 valence electrons. The zero-order chi connectivity index (χ0) is 28.2. The van der Waals surface area contributed by atoms with Crippen LogP contribution in [0.4, 0.5) is 5.82 Å². The molecule has 3 heterocycles. The first-order valence-electron chi connectivity index (χ1n) is 13.7. The zero-order valence-electron chi connectivity index (χ0n) is 23.4. The predicted molar refractivity (Wildman–Crippen MR) is 154 cm³/mol. The maximum Gasteiger partial charge on any atom is 0.318 e. The molecular formula is C31H36N6O3. The van der Waals surface area contributed by atoms with Crippen LogP contribution >= 0.6 is 0 Å². The fourth-order valence-corrected chi connectivity index (χ4v) is 5.37. The molecule has 0 spiro atoms. The number of amides is 1. The molecule has 1 unspecified atom stereocenters. The van der Waals surface area contributed by atoms with Crippen LogP contribution in [0.3, 0.4) is 0 Å². The van der Waals surface area contributed by atoms with E-state index in [4.69, 9.17) is 19.4 Å². The van der Waals surface area contributed by atoms with Crippen LogP contribution in [0.2, 0.25) is 0 Å². The third-order valence-electron chi connectivity index (χ3n) is 7.93. The van der Waals surface area contributed by atoms with Gasteiger partial charge in [-0.15, -0.1) is 0 Å². The molecule has 0 aliphatic carbocycles. The minimum atomic E-state index is -0.263. The molecule has 0 radical (unpaired) electrons. The Kier molecular flexibility index (Phi) is 8.29. The summed E-state index contributed by atoms with van der Waals surface area (Å²) in [6.07, 6.45) is 1.98. The largest absolute Gasteiger partial charge is 0.462 e. The molecule has 2 aliphatic rings. The van der Waals surface area contributed by atoms with E-state index in [1.807, 2.05) is 20.2 Å². The fourth-order valence-electron chi connectivity index (χ4n) is 5.37. The van der Waals surface area contributed by atoms with Gasteiger partial charge in [0.1, 0.15) is 12.4 Å². The lowest BCUT2D eigenvalue weighted by Gasteiger charge is -2.41. The SMILES string of the molecule is C=CC(=O)N1CCN(c2nc(OC[C@H](C)N(C)C)nc3c2COC(c2cccc4ccccc24)C3)C[C@@H]1CC#N. The van der Waals surface area contributed by atoms with Gasteiger partial charge in [-0.3, -0.25) is 4.79 Å². The molecule has 0 N–H and O–H groups in total. The number of piperazine rings is 1. The van der Waals surface area contributed by atoms with Crippen LogP contribution in [-0.4, -0.2) is 78.1 Å². The number of aromatic nitrogens is 2. The lowest BCUT2D eigenvalue weighted by atomic mass is 9.94. The highest BCUT2D eigenvalue weighted by Gasteiger charge is 2.34. The first kappa shape index (κ1) is 27.6. The molecule has 40 heavy (non-hydrogen) atoms. The van der Waals surface area contributed by atoms with Crippen LogP contribution in [0.25, 0.3) is 10.8 Å². The van der Waals surface area contributed by atoms with Crippen molar-refractivity contribution < 1.29 is 14.3 Å². The molecule has 9 heteroatoms. The Balaban J connectivity index is 1.49. The number of ether oxygens (including phenoxy) is 2. The normalized spacial score (nSPS) is 19.7. The number of nitriles is 1. The van der Waals surface area contributed by atoms with Crippen LogP contribution in [0.5, 0.6) is 6.01 Å². The first-order chi connectivity index (χ1) is 19.4. The van der Waals surface area contributed by atoms with E-state index in [0.717, 1.165) is 22.6 Å². The molecule has 1 amide bonds. The lowest BCUT2D eigenvalue weighted by molar-refractivity contribution is -0.128. The highest BCUT2D eigenvalue weighted by Crippen LogP contribution is 2.38. The molecule has 1 aromatic heterocycles. The molecule has 5 rings (SSSR count). The van der Waals surface area contributed by atoms with Gasteiger partial charge < -0.3 is 24.2 Å². The maximum absolute atomic E-state index is 12.5. The van der Waals surface area contributed by atoms with E-state index in [1.165, 1.54) is 16.8 Å². The Labute approximate surface area is 235 Å². The smallest absolute Gasteiger partial charge is 0.318 e. The molecule has 3 aromatic rings. The monoisotopic (exact) mass is 540 g/mol. The van der Waals surface area contributed by atoms with Crippen molar-refractivity contribution in [3.63, 3.8) is 0 Å². The summed E-state index contributed by atoms with van der Waals surface area (Å²) in [6, 6.07) is 17.1. The van der Waals surface area contributed by atoms with E-state index >= 15 is 0 Å². The number of likely N-dealkylation sites (N-methyl/N-ethyl adjacent to an activating group) is 1. The van der Waals surface area contributed by atoms with Gasteiger partial charge in [0.15, 0.2) is 0 Å². The minimum Gasteiger partial charge on any atom is -0.462 e. The molecule has 1 fully saturated rings. The van der Waals surface area contributed by atoms with Gasteiger partial charge in [-0.1, -0.05) is 49.0 Å². The van der Waals surface area contributed by atoms with Gasteiger partial charge in [-0.05, 0) is 43.4 Å². The van der Waals surface area contributed by atoms with E-state index in [1.54, 1.807) is 4.90 Å². The first-order valence-corrected chi connectivity index (χ1v) is 13.7. The second-order valence-electron chi connectivity index (χ2n) is 10.6. The van der Waals surface area contributed by atoms with Crippen molar-refractivity contribution in [1.29, 1.82) is 5.26 Å². The average Bonchev–Trinajstić information content (AvgIpc) is 2.98. The number of carbonyl (C=O) groups is 1. The van der Waals surface area contributed by atoms with Crippen LogP contribution in [-0.2, 0) is 22.6 Å². The number of carbonyl (C=O) groups excluding carboxylic acids is 1. The van der Waals surface area contributed by atoms with Gasteiger partial charge in [0.2, 0.25) is 5.91 Å². The summed E-state index contributed by atoms with van der Waals surface area (Å²) in [5.41, 5.74) is 2.98. The van der Waals surface area contributed by atoms with E-state index in [9.17, 15) is 10.1 Å². The van der Waals surface area contributed by atoms with Crippen LogP contribution in [0.15, 0.2) is 55.1 Å². The van der Waals surface area contributed by atoms with Crippen molar-refractivity contribution in [1.82, 2.24) is 19.8 Å². The third-order valence-corrected chi connectivity index (χ3v) is 7.93. The number of nitrogens with zero attached hydrogens (tertiary/aromatic N) is 6. The van der Waals surface area contributed by atoms with Crippen molar-refractivity contribution >= 4 is 22.5 Å². The molecular weight excluding hydrogens is 504 g/mol. The number of benzene rings is 2. The van der Waals surface area contributed by atoms with Crippen LogP contribution in [0.1, 0.15) is 36.3 Å². The molecule has 9 nitrogen and oxygen atoms in total. The summed E-state index contributed by atoms with van der Waals surface area (Å²) >= 11 is 0. The molecule has 0 saturated carbocycles. The zero-order valence-corrected chi connectivity index (χ0v) is 23.4. The number of hydrogen-bond acceptors (Lipinski definition) is 8. The van der Waals surface area contributed by atoms with Crippen molar-refractivity contribution in [3.05, 3.63) is 71.9 Å². The summed E-state index contributed by atoms with van der Waals surface area (Å²) in [6.45, 7) is 8.07. The summed E-state index contributed by atoms with van der Waals surface area (Å²) in [5, 5.41) is 11.8. The number of anilines is 1. The minimum absolute atomic E-state index is 0.150. The van der Waals surface area contributed by atoms with E-state index in [0.29, 0.717) is 45.3 Å². The highest BCUT2D eigenvalue weighted by atomic mass is 16.5. The Morgan fingerprint density at radius 1 is 1.25 bits per heavy atom. The van der Waals surface area contributed by atoms with E-state index < -0.39 is 0 Å². The topological polar surface area (TPSA) is 94.8 Å². The average molecular weight is 541 g/mol. The standard InChI is InChI=1S/C31H36N6O3/c1-5-29(38)37-16-15-36(18-23(37)13-14-32)30-26-20-39-28(25-12-8-10-22-9-6-7-11-24(22)25)17-27(26)33-31(34-30)40-19-21(2)35(3)4/h5-12,21,23,28H,1,13,15-20H2,2-4H3/t21-,23-,28?/m0/s1. The molecule has 1 saturated heterocycles. The molecule has 3 atom stereocenters. The fraction of sp³-hybridized carbons (Fsp3) is 0.419. The van der Waals surface area contributed by atoms with Crippen molar-refractivity contribution in [2.24, 2.45) is 0 Å². The van der Waals surface area contributed by atoms with Crippen molar-refractivity contribution in [2.45, 2.75) is 44.6 Å². The Bertz CT molecular complexity index is 1430. The predicted octanol–water partition coefficient (Wildman–Crippen LogP) is 3.89. The second-order valence-corrected chi connectivity index (χ2v) is 10.6. The van der Waals surface area contributed by atoms with Gasteiger partial charge in [-0.25, -0.2) is 0 Å². The summed E-state index contributed by atoms with van der Waals surface area (Å²) in [5.74, 6) is 0.593. The van der Waals surface area contributed by atoms with Gasteiger partial charge in [-0.2, -0.15) is 15.2 Å². The molecule has 2 aromatic carbocycles.